The normalized spacial score (nSPS) is 18.6. The molecule has 0 unspecified atom stereocenters. The van der Waals surface area contributed by atoms with Gasteiger partial charge in [0, 0.05) is 13.6 Å². The van der Waals surface area contributed by atoms with Gasteiger partial charge in [-0.15, -0.1) is 0 Å². The second-order valence-corrected chi connectivity index (χ2v) is 5.56. The average molecular weight is 265 g/mol. The van der Waals surface area contributed by atoms with Crippen molar-refractivity contribution in [1.29, 1.82) is 0 Å². The Balaban J connectivity index is 2.17. The number of fused-ring (bicyclic) bond motifs is 1. The van der Waals surface area contributed by atoms with Gasteiger partial charge in [-0.25, -0.2) is 0 Å². The van der Waals surface area contributed by atoms with Crippen molar-refractivity contribution in [3.8, 4) is 0 Å². The fraction of sp³-hybridized carbons (Fsp3) is 0.278. The van der Waals surface area contributed by atoms with Crippen LogP contribution in [0.25, 0.3) is 0 Å². The minimum atomic E-state index is -0.168. The van der Waals surface area contributed by atoms with Crippen LogP contribution in [0.5, 0.6) is 0 Å². The minimum Gasteiger partial charge on any atom is -0.345 e. The smallest absolute Gasteiger partial charge is 0.234 e. The highest BCUT2D eigenvalue weighted by molar-refractivity contribution is 5.88. The molecule has 1 heterocycles. The van der Waals surface area contributed by atoms with Crippen molar-refractivity contribution < 1.29 is 4.79 Å². The van der Waals surface area contributed by atoms with E-state index in [0.29, 0.717) is 0 Å². The maximum atomic E-state index is 12.7. The van der Waals surface area contributed by atoms with E-state index in [0.717, 1.165) is 24.1 Å². The molecule has 0 radical (unpaired) electrons. The molecule has 0 saturated heterocycles. The molecule has 1 aliphatic rings. The number of hydrogen-bond acceptors (Lipinski definition) is 1. The molecule has 0 fully saturated rings. The summed E-state index contributed by atoms with van der Waals surface area (Å²) in [6.07, 6.45) is 0.931. The molecular formula is C18H19NO. The Hall–Kier alpha value is -2.09. The highest BCUT2D eigenvalue weighted by atomic mass is 16.2. The van der Waals surface area contributed by atoms with Crippen molar-refractivity contribution in [2.75, 3.05) is 13.6 Å². The molecule has 20 heavy (non-hydrogen) atoms. The first-order valence-electron chi connectivity index (χ1n) is 7.06. The van der Waals surface area contributed by atoms with Crippen molar-refractivity contribution in [3.05, 3.63) is 70.8 Å². The van der Waals surface area contributed by atoms with E-state index in [4.69, 9.17) is 0 Å². The lowest BCUT2D eigenvalue weighted by Gasteiger charge is -2.21. The van der Waals surface area contributed by atoms with Gasteiger partial charge in [0.15, 0.2) is 0 Å². The zero-order chi connectivity index (χ0) is 14.1. The molecule has 1 atom stereocenters. The van der Waals surface area contributed by atoms with Gasteiger partial charge >= 0.3 is 0 Å². The van der Waals surface area contributed by atoms with Gasteiger partial charge in [-0.2, -0.15) is 0 Å². The Morgan fingerprint density at radius 3 is 2.70 bits per heavy atom. The monoisotopic (exact) mass is 265 g/mol. The second-order valence-electron chi connectivity index (χ2n) is 5.56. The number of rotatable bonds is 1. The zero-order valence-electron chi connectivity index (χ0n) is 12.0. The lowest BCUT2D eigenvalue weighted by Crippen LogP contribution is -2.31. The number of nitrogens with zero attached hydrogens (tertiary/aromatic N) is 1. The number of carbonyl (C=O) groups is 1. The van der Waals surface area contributed by atoms with E-state index in [-0.39, 0.29) is 11.8 Å². The lowest BCUT2D eigenvalue weighted by molar-refractivity contribution is -0.130. The summed E-state index contributed by atoms with van der Waals surface area (Å²) in [5.41, 5.74) is 4.74. The molecule has 0 bridgehead atoms. The van der Waals surface area contributed by atoms with Crippen LogP contribution >= 0.6 is 0 Å². The number of aryl methyl sites for hydroxylation is 1. The summed E-state index contributed by atoms with van der Waals surface area (Å²) in [5, 5.41) is 0. The van der Waals surface area contributed by atoms with Crippen LogP contribution in [-0.2, 0) is 11.2 Å². The molecule has 2 aromatic carbocycles. The van der Waals surface area contributed by atoms with Crippen LogP contribution in [0.1, 0.15) is 28.2 Å². The molecule has 102 valence electrons. The summed E-state index contributed by atoms with van der Waals surface area (Å²) in [7, 11) is 1.90. The van der Waals surface area contributed by atoms with Gasteiger partial charge in [0.2, 0.25) is 5.91 Å². The third kappa shape index (κ3) is 2.22. The Bertz CT molecular complexity index is 647. The van der Waals surface area contributed by atoms with Crippen LogP contribution in [0.3, 0.4) is 0 Å². The van der Waals surface area contributed by atoms with Crippen molar-refractivity contribution in [2.24, 2.45) is 0 Å². The summed E-state index contributed by atoms with van der Waals surface area (Å²) in [4.78, 5) is 14.6. The first kappa shape index (κ1) is 12.9. The van der Waals surface area contributed by atoms with Crippen LogP contribution in [0.15, 0.2) is 48.5 Å². The first-order valence-corrected chi connectivity index (χ1v) is 7.06. The fourth-order valence-electron chi connectivity index (χ4n) is 2.97. The van der Waals surface area contributed by atoms with Crippen molar-refractivity contribution >= 4 is 5.91 Å². The van der Waals surface area contributed by atoms with Gasteiger partial charge in [0.1, 0.15) is 0 Å². The van der Waals surface area contributed by atoms with Crippen molar-refractivity contribution in [3.63, 3.8) is 0 Å². The quantitative estimate of drug-likeness (QED) is 0.775. The van der Waals surface area contributed by atoms with Gasteiger partial charge in [-0.3, -0.25) is 4.79 Å². The minimum absolute atomic E-state index is 0.168. The number of carbonyl (C=O) groups excluding carboxylic acids is 1. The molecule has 1 aliphatic heterocycles. The zero-order valence-corrected chi connectivity index (χ0v) is 12.0. The van der Waals surface area contributed by atoms with Crippen LogP contribution in [0.2, 0.25) is 0 Å². The molecule has 0 spiro atoms. The molecule has 2 aromatic rings. The summed E-state index contributed by atoms with van der Waals surface area (Å²) < 4.78 is 0. The number of likely N-dealkylation sites (N-methyl/N-ethyl adjacent to an activating group) is 1. The second kappa shape index (κ2) is 5.12. The molecule has 0 aliphatic carbocycles. The van der Waals surface area contributed by atoms with Crippen LogP contribution in [-0.4, -0.2) is 24.4 Å². The van der Waals surface area contributed by atoms with E-state index in [1.54, 1.807) is 0 Å². The lowest BCUT2D eigenvalue weighted by atomic mass is 9.87. The molecular weight excluding hydrogens is 246 g/mol. The van der Waals surface area contributed by atoms with Gasteiger partial charge in [0.05, 0.1) is 5.92 Å². The van der Waals surface area contributed by atoms with Crippen molar-refractivity contribution in [1.82, 2.24) is 4.90 Å². The Kier molecular flexibility index (Phi) is 3.31. The molecule has 0 aromatic heterocycles. The largest absolute Gasteiger partial charge is 0.345 e. The third-order valence-electron chi connectivity index (χ3n) is 4.08. The topological polar surface area (TPSA) is 20.3 Å². The van der Waals surface area contributed by atoms with Crippen molar-refractivity contribution in [2.45, 2.75) is 19.3 Å². The van der Waals surface area contributed by atoms with Gasteiger partial charge in [-0.05, 0) is 30.0 Å². The van der Waals surface area contributed by atoms with E-state index in [2.05, 4.69) is 43.3 Å². The molecule has 1 amide bonds. The molecule has 0 N–H and O–H groups in total. The summed E-state index contributed by atoms with van der Waals surface area (Å²) in [6.45, 7) is 2.86. The molecule has 2 nitrogen and oxygen atoms in total. The van der Waals surface area contributed by atoms with Crippen LogP contribution in [0, 0.1) is 6.92 Å². The van der Waals surface area contributed by atoms with Gasteiger partial charge in [-0.1, -0.05) is 54.1 Å². The maximum absolute atomic E-state index is 12.7. The Labute approximate surface area is 120 Å². The molecule has 0 saturated carbocycles. The predicted octanol–water partition coefficient (Wildman–Crippen LogP) is 3.14. The Morgan fingerprint density at radius 2 is 1.90 bits per heavy atom. The standard InChI is InChI=1S/C18H19NO/c1-13-6-5-8-15(12-13)17-16-9-4-3-7-14(16)10-11-19(2)18(17)20/h3-9,12,17H,10-11H2,1-2H3/t17-/m0/s1. The van der Waals surface area contributed by atoms with Gasteiger partial charge < -0.3 is 4.90 Å². The number of amides is 1. The third-order valence-corrected chi connectivity index (χ3v) is 4.08. The summed E-state index contributed by atoms with van der Waals surface area (Å²) >= 11 is 0. The fourth-order valence-corrected chi connectivity index (χ4v) is 2.97. The highest BCUT2D eigenvalue weighted by Gasteiger charge is 2.30. The van der Waals surface area contributed by atoms with E-state index in [1.807, 2.05) is 24.1 Å². The molecule has 2 heteroatoms. The van der Waals surface area contributed by atoms with Crippen LogP contribution < -0.4 is 0 Å². The number of benzene rings is 2. The average Bonchev–Trinajstić information content (AvgIpc) is 2.57. The maximum Gasteiger partial charge on any atom is 0.234 e. The number of hydrogen-bond donors (Lipinski definition) is 0. The molecule has 3 rings (SSSR count). The van der Waals surface area contributed by atoms with E-state index in [1.165, 1.54) is 11.1 Å². The van der Waals surface area contributed by atoms with Crippen LogP contribution in [0.4, 0.5) is 0 Å². The predicted molar refractivity (Wildman–Crippen MR) is 80.8 cm³/mol. The summed E-state index contributed by atoms with van der Waals surface area (Å²) in [5.74, 6) is 0.0270. The summed E-state index contributed by atoms with van der Waals surface area (Å²) in [6, 6.07) is 16.6. The van der Waals surface area contributed by atoms with E-state index >= 15 is 0 Å². The van der Waals surface area contributed by atoms with Gasteiger partial charge in [0.25, 0.3) is 0 Å². The Morgan fingerprint density at radius 1 is 1.10 bits per heavy atom. The first-order chi connectivity index (χ1) is 9.66. The van der Waals surface area contributed by atoms with E-state index < -0.39 is 0 Å². The SMILES string of the molecule is Cc1cccc([C@@H]2C(=O)N(C)CCc3ccccc32)c1. The van der Waals surface area contributed by atoms with E-state index in [9.17, 15) is 4.79 Å². The highest BCUT2D eigenvalue weighted by Crippen LogP contribution is 2.32.